The maximum absolute atomic E-state index is 14.2. The van der Waals surface area contributed by atoms with E-state index >= 15 is 0 Å². The van der Waals surface area contributed by atoms with E-state index in [9.17, 15) is 79.0 Å². The van der Waals surface area contributed by atoms with Gasteiger partial charge in [0.05, 0.1) is 12.2 Å². The van der Waals surface area contributed by atoms with Gasteiger partial charge in [0.2, 0.25) is 16.9 Å². The number of benzene rings is 2. The van der Waals surface area contributed by atoms with Crippen LogP contribution in [0, 0.1) is 0 Å². The number of ether oxygens (including phenoxy) is 2. The van der Waals surface area contributed by atoms with Crippen LogP contribution in [0.2, 0.25) is 0 Å². The van der Waals surface area contributed by atoms with E-state index < -0.39 is 88.8 Å². The molecule has 0 amide bonds. The van der Waals surface area contributed by atoms with Crippen molar-refractivity contribution in [1.82, 2.24) is 0 Å². The minimum Gasteiger partial charge on any atom is -0.452 e. The molecule has 0 fully saturated rings. The monoisotopic (exact) mass is 660 g/mol. The van der Waals surface area contributed by atoms with Gasteiger partial charge in [0.1, 0.15) is 11.5 Å². The third-order valence-corrected chi connectivity index (χ3v) is 5.03. The van der Waals surface area contributed by atoms with Crippen molar-refractivity contribution >= 4 is 0 Å². The molecule has 0 atom stereocenters. The quantitative estimate of drug-likeness (QED) is 0.227. The molecule has 0 heterocycles. The second-order valence-corrected chi connectivity index (χ2v) is 8.09. The molecule has 0 saturated carbocycles. The summed E-state index contributed by atoms with van der Waals surface area (Å²) in [6, 6.07) is -0.156. The summed E-state index contributed by atoms with van der Waals surface area (Å²) in [6.07, 6.45) is -38.3. The summed E-state index contributed by atoms with van der Waals surface area (Å²) in [4.78, 5) is 0. The molecule has 43 heavy (non-hydrogen) atoms. The SMILES string of the molecule is FC(F)(F)C=C(Oc1ccc(C(c2ccc(OC(=CC(F)(F)F)C(F)(F)F)cc2)(C(F)(F)F)C(F)(F)F)cc1)C(F)(F)F. The molecule has 0 bridgehead atoms. The predicted molar refractivity (Wildman–Crippen MR) is 107 cm³/mol. The summed E-state index contributed by atoms with van der Waals surface area (Å²) in [5.74, 6) is -8.01. The molecular weight excluding hydrogens is 650 g/mol. The van der Waals surface area contributed by atoms with E-state index in [1.165, 1.54) is 0 Å². The van der Waals surface area contributed by atoms with Crippen molar-refractivity contribution in [3.05, 3.63) is 83.3 Å². The summed E-state index contributed by atoms with van der Waals surface area (Å²) in [7, 11) is 0. The molecule has 0 N–H and O–H groups in total. The average Bonchev–Trinajstić information content (AvgIpc) is 2.76. The third kappa shape index (κ3) is 8.65. The zero-order valence-electron chi connectivity index (χ0n) is 19.9. The number of rotatable bonds is 6. The van der Waals surface area contributed by atoms with Gasteiger partial charge in [0, 0.05) is 0 Å². The Kier molecular flexibility index (Phi) is 9.40. The molecule has 0 spiro atoms. The predicted octanol–water partition coefficient (Wildman–Crippen LogP) is 9.87. The van der Waals surface area contributed by atoms with Crippen LogP contribution in [0.4, 0.5) is 79.0 Å². The minimum atomic E-state index is -6.36. The number of hydrogen-bond donors (Lipinski definition) is 0. The standard InChI is InChI=1S/C23H10F18O2/c24-17(25,26)9-15(20(30,31)32)42-13-5-1-11(2-6-13)19(22(36,37)38,23(39,40)41)12-3-7-14(8-4-12)43-16(21(33,34)35)10-18(27,28)29/h1-10H. The fourth-order valence-electron chi connectivity index (χ4n) is 3.42. The summed E-state index contributed by atoms with van der Waals surface area (Å²) in [5, 5.41) is 0. The van der Waals surface area contributed by atoms with Gasteiger partial charge in [-0.3, -0.25) is 0 Å². The molecule has 2 rings (SSSR count). The Balaban J connectivity index is 2.66. The molecule has 0 aliphatic rings. The van der Waals surface area contributed by atoms with Gasteiger partial charge in [-0.15, -0.1) is 0 Å². The number of allylic oxidation sites excluding steroid dienone is 4. The Morgan fingerprint density at radius 1 is 0.419 bits per heavy atom. The minimum absolute atomic E-state index is 0.0482. The first-order valence-corrected chi connectivity index (χ1v) is 10.5. The Morgan fingerprint density at radius 2 is 0.674 bits per heavy atom. The number of hydrogen-bond acceptors (Lipinski definition) is 2. The second-order valence-electron chi connectivity index (χ2n) is 8.09. The molecule has 0 unspecified atom stereocenters. The topological polar surface area (TPSA) is 18.5 Å². The van der Waals surface area contributed by atoms with E-state index in [0.29, 0.717) is 0 Å². The molecule has 20 heteroatoms. The highest BCUT2D eigenvalue weighted by Crippen LogP contribution is 2.56. The lowest BCUT2D eigenvalue weighted by atomic mass is 9.73. The van der Waals surface area contributed by atoms with E-state index in [2.05, 4.69) is 9.47 Å². The van der Waals surface area contributed by atoms with Crippen LogP contribution < -0.4 is 9.47 Å². The Bertz CT molecular complexity index is 1200. The highest BCUT2D eigenvalue weighted by atomic mass is 19.4. The van der Waals surface area contributed by atoms with Gasteiger partial charge in [-0.25, -0.2) is 0 Å². The van der Waals surface area contributed by atoms with E-state index in [1.54, 1.807) is 0 Å². The van der Waals surface area contributed by atoms with Crippen molar-refractivity contribution in [2.75, 3.05) is 0 Å². The molecule has 0 aromatic heterocycles. The first-order valence-electron chi connectivity index (χ1n) is 10.5. The molecular formula is C23H10F18O2. The molecule has 240 valence electrons. The van der Waals surface area contributed by atoms with Gasteiger partial charge in [-0.1, -0.05) is 24.3 Å². The zero-order valence-corrected chi connectivity index (χ0v) is 19.9. The maximum atomic E-state index is 14.2. The number of alkyl halides is 18. The average molecular weight is 660 g/mol. The van der Waals surface area contributed by atoms with Gasteiger partial charge in [0.15, 0.2) is 0 Å². The lowest BCUT2D eigenvalue weighted by Crippen LogP contribution is -2.54. The zero-order chi connectivity index (χ0) is 33.4. The maximum Gasteiger partial charge on any atom is 0.449 e. The second kappa shape index (κ2) is 11.4. The Hall–Kier alpha value is -3.74. The first-order chi connectivity index (χ1) is 19.1. The van der Waals surface area contributed by atoms with Crippen LogP contribution in [-0.4, -0.2) is 37.1 Å². The highest BCUT2D eigenvalue weighted by Gasteiger charge is 2.72. The van der Waals surface area contributed by atoms with Gasteiger partial charge in [-0.2, -0.15) is 79.0 Å². The van der Waals surface area contributed by atoms with Crippen LogP contribution in [0.25, 0.3) is 0 Å². The van der Waals surface area contributed by atoms with Crippen molar-refractivity contribution in [3.8, 4) is 11.5 Å². The summed E-state index contributed by atoms with van der Waals surface area (Å²) in [5.41, 5.74) is -8.68. The fourth-order valence-corrected chi connectivity index (χ4v) is 3.42. The van der Waals surface area contributed by atoms with Gasteiger partial charge in [-0.05, 0) is 35.4 Å². The van der Waals surface area contributed by atoms with Crippen molar-refractivity contribution in [3.63, 3.8) is 0 Å². The summed E-state index contributed by atoms with van der Waals surface area (Å²) >= 11 is 0. The molecule has 2 nitrogen and oxygen atoms in total. The normalized spacial score (nSPS) is 15.0. The molecule has 2 aromatic carbocycles. The smallest absolute Gasteiger partial charge is 0.449 e. The van der Waals surface area contributed by atoms with Gasteiger partial charge < -0.3 is 9.47 Å². The molecule has 0 aliphatic carbocycles. The van der Waals surface area contributed by atoms with Crippen LogP contribution in [-0.2, 0) is 5.41 Å². The summed E-state index contributed by atoms with van der Waals surface area (Å²) in [6.45, 7) is 0. The molecule has 0 radical (unpaired) electrons. The third-order valence-electron chi connectivity index (χ3n) is 5.03. The lowest BCUT2D eigenvalue weighted by Gasteiger charge is -2.38. The highest BCUT2D eigenvalue weighted by molar-refractivity contribution is 5.47. The van der Waals surface area contributed by atoms with E-state index in [0.717, 1.165) is 0 Å². The Morgan fingerprint density at radius 3 is 0.860 bits per heavy atom. The van der Waals surface area contributed by atoms with Gasteiger partial charge >= 0.3 is 37.1 Å². The fraction of sp³-hybridized carbons (Fsp3) is 0.304. The van der Waals surface area contributed by atoms with Crippen molar-refractivity contribution in [2.24, 2.45) is 0 Å². The van der Waals surface area contributed by atoms with Crippen LogP contribution in [0.3, 0.4) is 0 Å². The molecule has 0 saturated heterocycles. The van der Waals surface area contributed by atoms with Crippen LogP contribution in [0.15, 0.2) is 72.2 Å². The van der Waals surface area contributed by atoms with Crippen LogP contribution in [0.5, 0.6) is 11.5 Å². The largest absolute Gasteiger partial charge is 0.452 e. The van der Waals surface area contributed by atoms with Crippen LogP contribution >= 0.6 is 0 Å². The number of halogens is 18. The lowest BCUT2D eigenvalue weighted by molar-refractivity contribution is -0.288. The van der Waals surface area contributed by atoms with Crippen molar-refractivity contribution < 1.29 is 88.5 Å². The first kappa shape index (κ1) is 35.5. The molecule has 2 aromatic rings. The van der Waals surface area contributed by atoms with Gasteiger partial charge in [0.25, 0.3) is 0 Å². The van der Waals surface area contributed by atoms with Crippen molar-refractivity contribution in [2.45, 2.75) is 42.5 Å². The Labute approximate surface area is 226 Å². The van der Waals surface area contributed by atoms with Crippen molar-refractivity contribution in [1.29, 1.82) is 0 Å². The molecule has 0 aliphatic heterocycles. The summed E-state index contributed by atoms with van der Waals surface area (Å²) < 4.78 is 245. The van der Waals surface area contributed by atoms with E-state index in [-0.39, 0.29) is 48.5 Å². The van der Waals surface area contributed by atoms with E-state index in [4.69, 9.17) is 0 Å². The van der Waals surface area contributed by atoms with E-state index in [1.807, 2.05) is 0 Å². The van der Waals surface area contributed by atoms with Crippen LogP contribution in [0.1, 0.15) is 11.1 Å².